The minimum Gasteiger partial charge on any atom is -0.444 e. The van der Waals surface area contributed by atoms with Crippen molar-refractivity contribution in [1.82, 2.24) is 20.0 Å². The van der Waals surface area contributed by atoms with Gasteiger partial charge >= 0.3 is 12.1 Å². The lowest BCUT2D eigenvalue weighted by Crippen LogP contribution is -2.55. The summed E-state index contributed by atoms with van der Waals surface area (Å²) >= 11 is 6.35. The zero-order chi connectivity index (χ0) is 31.9. The van der Waals surface area contributed by atoms with Crippen molar-refractivity contribution in [3.05, 3.63) is 28.8 Å². The Hall–Kier alpha value is -2.99. The van der Waals surface area contributed by atoms with E-state index < -0.39 is 36.1 Å². The Bertz CT molecular complexity index is 1290. The number of hydrogen-bond donors (Lipinski definition) is 1. The number of carbonyl (C=O) groups excluding carboxylic acids is 4. The van der Waals surface area contributed by atoms with Crippen LogP contribution in [-0.2, 0) is 9.53 Å². The number of hydrogen-bond acceptors (Lipinski definition) is 6. The summed E-state index contributed by atoms with van der Waals surface area (Å²) < 4.78 is 35.5. The largest absolute Gasteiger partial charge is 0.444 e. The highest BCUT2D eigenvalue weighted by Gasteiger charge is 2.48. The van der Waals surface area contributed by atoms with E-state index in [1.807, 2.05) is 4.90 Å². The van der Waals surface area contributed by atoms with Gasteiger partial charge in [0.2, 0.25) is 5.91 Å². The molecule has 0 bridgehead atoms. The number of anilines is 1. The van der Waals surface area contributed by atoms with Crippen LogP contribution < -0.4 is 10.2 Å². The van der Waals surface area contributed by atoms with Gasteiger partial charge in [0.25, 0.3) is 11.8 Å². The molecule has 1 aromatic carbocycles. The number of imide groups is 1. The van der Waals surface area contributed by atoms with E-state index in [1.165, 1.54) is 4.90 Å². The van der Waals surface area contributed by atoms with Gasteiger partial charge in [0, 0.05) is 50.6 Å². The minimum absolute atomic E-state index is 0.0828. The highest BCUT2D eigenvalue weighted by Crippen LogP contribution is 2.43. The number of nitrogens with one attached hydrogen (secondary N) is 1. The van der Waals surface area contributed by atoms with Gasteiger partial charge in [-0.1, -0.05) is 11.6 Å². The molecule has 1 spiro atoms. The van der Waals surface area contributed by atoms with Gasteiger partial charge < -0.3 is 19.4 Å². The van der Waals surface area contributed by atoms with Crippen LogP contribution in [0.5, 0.6) is 0 Å². The molecule has 0 radical (unpaired) electrons. The summed E-state index contributed by atoms with van der Waals surface area (Å²) in [5, 5.41) is 2.60. The number of urea groups is 1. The predicted molar refractivity (Wildman–Crippen MR) is 161 cm³/mol. The fraction of sp³-hybridized carbons (Fsp3) is 0.677. The molecule has 10 nitrogen and oxygen atoms in total. The molecule has 4 aliphatic heterocycles. The molecule has 4 aliphatic rings. The Balaban J connectivity index is 1.11. The van der Waals surface area contributed by atoms with E-state index >= 15 is 8.78 Å². The quantitative estimate of drug-likeness (QED) is 0.499. The molecule has 1 N–H and O–H groups in total. The van der Waals surface area contributed by atoms with Crippen LogP contribution >= 0.6 is 11.6 Å². The number of likely N-dealkylation sites (tertiary alicyclic amines) is 3. The lowest BCUT2D eigenvalue weighted by molar-refractivity contribution is -0.120. The summed E-state index contributed by atoms with van der Waals surface area (Å²) in [7, 11) is 0. The second-order valence-electron chi connectivity index (χ2n) is 13.7. The SMILES string of the molecule is CC(C)(C)OC(=O)N1CCC(CN2CCC3(CC2)CCN(C(=O)c2ccc(Cl)c(N4CCC(=O)NC4=O)c2)CC3)C(F)(F)C1. The van der Waals surface area contributed by atoms with Gasteiger partial charge in [0.15, 0.2) is 0 Å². The van der Waals surface area contributed by atoms with E-state index in [-0.39, 0.29) is 43.2 Å². The molecule has 4 heterocycles. The van der Waals surface area contributed by atoms with Gasteiger partial charge in [-0.25, -0.2) is 18.4 Å². The molecule has 44 heavy (non-hydrogen) atoms. The smallest absolute Gasteiger partial charge is 0.410 e. The number of ether oxygens (including phenoxy) is 1. The Labute approximate surface area is 262 Å². The number of piperidine rings is 3. The second kappa shape index (κ2) is 12.4. The Kier molecular flexibility index (Phi) is 9.15. The molecule has 0 aromatic heterocycles. The summed E-state index contributed by atoms with van der Waals surface area (Å²) in [4.78, 5) is 56.1. The zero-order valence-corrected chi connectivity index (χ0v) is 26.4. The van der Waals surface area contributed by atoms with E-state index in [9.17, 15) is 19.2 Å². The summed E-state index contributed by atoms with van der Waals surface area (Å²) in [6.45, 7) is 7.96. The van der Waals surface area contributed by atoms with Crippen LogP contribution in [0.3, 0.4) is 0 Å². The first-order chi connectivity index (χ1) is 20.6. The van der Waals surface area contributed by atoms with E-state index in [0.29, 0.717) is 35.9 Å². The number of amides is 5. The van der Waals surface area contributed by atoms with Gasteiger partial charge in [-0.3, -0.25) is 19.8 Å². The highest BCUT2D eigenvalue weighted by molar-refractivity contribution is 6.34. The van der Waals surface area contributed by atoms with E-state index in [2.05, 4.69) is 10.2 Å². The van der Waals surface area contributed by atoms with Crippen molar-refractivity contribution < 1.29 is 32.7 Å². The van der Waals surface area contributed by atoms with Crippen LogP contribution in [0.1, 0.15) is 69.7 Å². The summed E-state index contributed by atoms with van der Waals surface area (Å²) in [5.41, 5.74) is 0.175. The zero-order valence-electron chi connectivity index (χ0n) is 25.7. The molecular formula is C31H42ClF2N5O5. The number of carbonyl (C=O) groups is 4. The standard InChI is InChI=1S/C31H42ClF2N5O5/c1-29(2,3)44-28(43)38-12-6-22(31(33,34)20-38)19-36-14-8-30(9-15-36)10-16-37(17-11-30)26(41)21-4-5-23(32)24(18-21)39-13-7-25(40)35-27(39)42/h4-5,18,22H,6-17,19-20H2,1-3H3,(H,35,40,42). The molecule has 0 saturated carbocycles. The monoisotopic (exact) mass is 637 g/mol. The molecule has 4 saturated heterocycles. The van der Waals surface area contributed by atoms with Crippen LogP contribution in [0.4, 0.5) is 24.1 Å². The number of alkyl halides is 2. The Morgan fingerprint density at radius 3 is 2.27 bits per heavy atom. The molecule has 5 rings (SSSR count). The number of nitrogens with zero attached hydrogens (tertiary/aromatic N) is 4. The van der Waals surface area contributed by atoms with Crippen LogP contribution in [0, 0.1) is 11.3 Å². The fourth-order valence-corrected chi connectivity index (χ4v) is 6.95. The fourth-order valence-electron chi connectivity index (χ4n) is 6.73. The topological polar surface area (TPSA) is 102 Å². The van der Waals surface area contributed by atoms with Gasteiger partial charge in [-0.15, -0.1) is 0 Å². The number of benzene rings is 1. The maximum absolute atomic E-state index is 15.1. The van der Waals surface area contributed by atoms with Gasteiger partial charge in [0.05, 0.1) is 17.3 Å². The van der Waals surface area contributed by atoms with Crippen molar-refractivity contribution in [2.45, 2.75) is 70.8 Å². The highest BCUT2D eigenvalue weighted by atomic mass is 35.5. The molecule has 242 valence electrons. The molecule has 4 fully saturated rings. The molecule has 1 aromatic rings. The summed E-state index contributed by atoms with van der Waals surface area (Å²) in [6, 6.07) is 4.29. The molecule has 13 heteroatoms. The number of rotatable bonds is 4. The lowest BCUT2D eigenvalue weighted by atomic mass is 9.71. The van der Waals surface area contributed by atoms with Gasteiger partial charge in [0.1, 0.15) is 5.60 Å². The molecule has 5 amide bonds. The van der Waals surface area contributed by atoms with Crippen LogP contribution in [0.15, 0.2) is 18.2 Å². The maximum Gasteiger partial charge on any atom is 0.410 e. The maximum atomic E-state index is 15.1. The van der Waals surface area contributed by atoms with E-state index in [0.717, 1.165) is 43.7 Å². The summed E-state index contributed by atoms with van der Waals surface area (Å²) in [5.74, 6) is -4.27. The van der Waals surface area contributed by atoms with Crippen molar-refractivity contribution in [3.63, 3.8) is 0 Å². The Morgan fingerprint density at radius 2 is 1.66 bits per heavy atom. The molecular weight excluding hydrogens is 596 g/mol. The van der Waals surface area contributed by atoms with Crippen molar-refractivity contribution in [3.8, 4) is 0 Å². The van der Waals surface area contributed by atoms with Gasteiger partial charge in [-0.2, -0.15) is 0 Å². The van der Waals surface area contributed by atoms with Crippen LogP contribution in [0.25, 0.3) is 0 Å². The normalized spacial score (nSPS) is 24.3. The van der Waals surface area contributed by atoms with Crippen LogP contribution in [0.2, 0.25) is 5.02 Å². The van der Waals surface area contributed by atoms with E-state index in [4.69, 9.17) is 16.3 Å². The van der Waals surface area contributed by atoms with Crippen molar-refractivity contribution in [2.75, 3.05) is 57.3 Å². The third-order valence-corrected chi connectivity index (χ3v) is 9.76. The Morgan fingerprint density at radius 1 is 1.00 bits per heavy atom. The first-order valence-corrected chi connectivity index (χ1v) is 15.8. The average molecular weight is 638 g/mol. The predicted octanol–water partition coefficient (Wildman–Crippen LogP) is 5.00. The number of halogens is 3. The minimum atomic E-state index is -2.98. The average Bonchev–Trinajstić information content (AvgIpc) is 2.95. The lowest BCUT2D eigenvalue weighted by Gasteiger charge is -2.48. The first kappa shape index (κ1) is 32.4. The van der Waals surface area contributed by atoms with Crippen LogP contribution in [-0.4, -0.2) is 103 Å². The molecule has 0 aliphatic carbocycles. The van der Waals surface area contributed by atoms with Crippen molar-refractivity contribution >= 4 is 41.2 Å². The third-order valence-electron chi connectivity index (χ3n) is 9.44. The third kappa shape index (κ3) is 7.28. The molecule has 1 atom stereocenters. The van der Waals surface area contributed by atoms with E-state index in [1.54, 1.807) is 39.0 Å². The molecule has 1 unspecified atom stereocenters. The van der Waals surface area contributed by atoms with Crippen molar-refractivity contribution in [2.24, 2.45) is 11.3 Å². The first-order valence-electron chi connectivity index (χ1n) is 15.4. The summed E-state index contributed by atoms with van der Waals surface area (Å²) in [6.07, 6.45) is 3.17. The second-order valence-corrected chi connectivity index (χ2v) is 14.1. The van der Waals surface area contributed by atoms with Crippen molar-refractivity contribution in [1.29, 1.82) is 0 Å². The van der Waals surface area contributed by atoms with Gasteiger partial charge in [-0.05, 0) is 89.6 Å².